The summed E-state index contributed by atoms with van der Waals surface area (Å²) in [5, 5.41) is 0.438. The summed E-state index contributed by atoms with van der Waals surface area (Å²) in [7, 11) is 0. The summed E-state index contributed by atoms with van der Waals surface area (Å²) in [6, 6.07) is 12.4. The van der Waals surface area contributed by atoms with E-state index in [-0.39, 0.29) is 11.9 Å². The molecule has 26 heavy (non-hydrogen) atoms. The molecule has 1 aliphatic heterocycles. The summed E-state index contributed by atoms with van der Waals surface area (Å²) < 4.78 is 11.2. The van der Waals surface area contributed by atoms with Crippen LogP contribution in [0.1, 0.15) is 46.8 Å². The molecule has 4 nitrogen and oxygen atoms in total. The molecule has 1 atom stereocenters. The second kappa shape index (κ2) is 6.20. The van der Waals surface area contributed by atoms with Crippen LogP contribution in [0.4, 0.5) is 0 Å². The maximum atomic E-state index is 13.4. The van der Waals surface area contributed by atoms with Crippen LogP contribution in [0, 0.1) is 0 Å². The highest BCUT2D eigenvalue weighted by molar-refractivity contribution is 6.32. The van der Waals surface area contributed by atoms with Crippen LogP contribution in [-0.2, 0) is 6.42 Å². The molecule has 1 unspecified atom stereocenters. The number of halogens is 1. The highest BCUT2D eigenvalue weighted by Crippen LogP contribution is 2.44. The number of nitrogens with zero attached hydrogens (tertiary/aromatic N) is 1. The summed E-state index contributed by atoms with van der Waals surface area (Å²) in [6.07, 6.45) is 4.16. The largest absolute Gasteiger partial charge is 0.486 e. The maximum Gasteiger partial charge on any atom is 0.254 e. The highest BCUT2D eigenvalue weighted by atomic mass is 35.5. The van der Waals surface area contributed by atoms with Gasteiger partial charge in [0.1, 0.15) is 13.2 Å². The molecule has 2 aromatic carbocycles. The monoisotopic (exact) mass is 369 g/mol. The summed E-state index contributed by atoms with van der Waals surface area (Å²) in [5.74, 6) is 1.14. The molecule has 0 radical (unpaired) electrons. The van der Waals surface area contributed by atoms with Crippen LogP contribution < -0.4 is 9.47 Å². The number of rotatable bonds is 3. The van der Waals surface area contributed by atoms with Crippen LogP contribution in [0.5, 0.6) is 11.5 Å². The van der Waals surface area contributed by atoms with Crippen molar-refractivity contribution in [2.75, 3.05) is 13.2 Å². The van der Waals surface area contributed by atoms with Crippen molar-refractivity contribution in [1.82, 2.24) is 4.90 Å². The van der Waals surface area contributed by atoms with Gasteiger partial charge in [0.05, 0.1) is 11.1 Å². The van der Waals surface area contributed by atoms with E-state index in [1.807, 2.05) is 0 Å². The average molecular weight is 370 g/mol. The minimum Gasteiger partial charge on any atom is -0.486 e. The minimum absolute atomic E-state index is 0.0353. The van der Waals surface area contributed by atoms with Crippen LogP contribution in [0.2, 0.25) is 5.02 Å². The predicted octanol–water partition coefficient (Wildman–Crippen LogP) is 4.40. The second-order valence-electron chi connectivity index (χ2n) is 7.18. The molecule has 3 aliphatic rings. The summed E-state index contributed by atoms with van der Waals surface area (Å²) in [6.45, 7) is 0.955. The Morgan fingerprint density at radius 3 is 2.73 bits per heavy atom. The Kier molecular flexibility index (Phi) is 3.82. The van der Waals surface area contributed by atoms with E-state index in [1.165, 1.54) is 11.1 Å². The lowest BCUT2D eigenvalue weighted by Crippen LogP contribution is -2.36. The fourth-order valence-corrected chi connectivity index (χ4v) is 4.39. The summed E-state index contributed by atoms with van der Waals surface area (Å²) >= 11 is 6.36. The average Bonchev–Trinajstić information content (AvgIpc) is 3.41. The Hall–Kier alpha value is -2.20. The molecule has 2 aliphatic carbocycles. The van der Waals surface area contributed by atoms with Gasteiger partial charge in [-0.25, -0.2) is 0 Å². The molecule has 0 spiro atoms. The zero-order valence-corrected chi connectivity index (χ0v) is 15.2. The fraction of sp³-hybridized carbons (Fsp3) is 0.381. The molecule has 0 saturated heterocycles. The third-order valence-electron chi connectivity index (χ3n) is 5.46. The van der Waals surface area contributed by atoms with Gasteiger partial charge in [0.2, 0.25) is 0 Å². The van der Waals surface area contributed by atoms with Gasteiger partial charge in [0.15, 0.2) is 11.5 Å². The number of hydrogen-bond donors (Lipinski definition) is 0. The molecule has 1 amide bonds. The number of ether oxygens (including phenoxy) is 2. The van der Waals surface area contributed by atoms with Crippen molar-refractivity contribution in [3.05, 3.63) is 58.1 Å². The first-order valence-electron chi connectivity index (χ1n) is 9.22. The molecular weight excluding hydrogens is 350 g/mol. The quantitative estimate of drug-likeness (QED) is 0.804. The molecule has 5 heteroatoms. The first kappa shape index (κ1) is 16.0. The Bertz CT molecular complexity index is 878. The molecule has 134 valence electrons. The van der Waals surface area contributed by atoms with E-state index in [1.54, 1.807) is 12.1 Å². The van der Waals surface area contributed by atoms with Crippen LogP contribution in [-0.4, -0.2) is 30.1 Å². The number of carbonyl (C=O) groups excluding carboxylic acids is 1. The van der Waals surface area contributed by atoms with Gasteiger partial charge in [0, 0.05) is 11.6 Å². The minimum atomic E-state index is 0.0353. The second-order valence-corrected chi connectivity index (χ2v) is 7.59. The number of aryl methyl sites for hydroxylation is 1. The predicted molar refractivity (Wildman–Crippen MR) is 99.1 cm³/mol. The van der Waals surface area contributed by atoms with Crippen molar-refractivity contribution < 1.29 is 14.3 Å². The molecule has 2 aromatic rings. The van der Waals surface area contributed by atoms with Gasteiger partial charge in [-0.15, -0.1) is 0 Å². The SMILES string of the molecule is O=C(c1cc(Cl)c2c(c1)OCCO2)N(C1CC1)C1CCc2ccccc21. The summed E-state index contributed by atoms with van der Waals surface area (Å²) in [4.78, 5) is 15.5. The summed E-state index contributed by atoms with van der Waals surface area (Å²) in [5.41, 5.74) is 3.23. The number of fused-ring (bicyclic) bond motifs is 2. The normalized spacial score (nSPS) is 20.6. The number of carbonyl (C=O) groups is 1. The Morgan fingerprint density at radius 2 is 1.88 bits per heavy atom. The van der Waals surface area contributed by atoms with E-state index in [2.05, 4.69) is 29.2 Å². The van der Waals surface area contributed by atoms with E-state index >= 15 is 0 Å². The molecule has 1 saturated carbocycles. The number of hydrogen-bond acceptors (Lipinski definition) is 3. The molecule has 0 N–H and O–H groups in total. The number of benzene rings is 2. The van der Waals surface area contributed by atoms with E-state index in [0.717, 1.165) is 25.7 Å². The Balaban J connectivity index is 1.51. The van der Waals surface area contributed by atoms with Gasteiger partial charge in [-0.2, -0.15) is 0 Å². The van der Waals surface area contributed by atoms with Crippen LogP contribution >= 0.6 is 11.6 Å². The van der Waals surface area contributed by atoms with Gasteiger partial charge in [-0.1, -0.05) is 35.9 Å². The van der Waals surface area contributed by atoms with Crippen molar-refractivity contribution in [3.63, 3.8) is 0 Å². The zero-order valence-electron chi connectivity index (χ0n) is 14.4. The van der Waals surface area contributed by atoms with E-state index in [9.17, 15) is 4.79 Å². The van der Waals surface area contributed by atoms with Gasteiger partial charge in [0.25, 0.3) is 5.91 Å². The first-order chi connectivity index (χ1) is 12.7. The van der Waals surface area contributed by atoms with Crippen LogP contribution in [0.3, 0.4) is 0 Å². The zero-order chi connectivity index (χ0) is 17.7. The maximum absolute atomic E-state index is 13.4. The standard InChI is InChI=1S/C21H20ClNO3/c22-17-11-14(12-19-20(17)26-10-9-25-19)21(24)23(15-6-7-15)18-8-5-13-3-1-2-4-16(13)18/h1-4,11-12,15,18H,5-10H2. The van der Waals surface area contributed by atoms with Crippen molar-refractivity contribution in [2.24, 2.45) is 0 Å². The Morgan fingerprint density at radius 1 is 1.08 bits per heavy atom. The van der Waals surface area contributed by atoms with E-state index in [0.29, 0.717) is 41.3 Å². The third kappa shape index (κ3) is 2.64. The topological polar surface area (TPSA) is 38.8 Å². The third-order valence-corrected chi connectivity index (χ3v) is 5.74. The van der Waals surface area contributed by atoms with E-state index < -0.39 is 0 Å². The molecule has 0 bridgehead atoms. The van der Waals surface area contributed by atoms with Crippen molar-refractivity contribution in [1.29, 1.82) is 0 Å². The number of amides is 1. The smallest absolute Gasteiger partial charge is 0.254 e. The highest BCUT2D eigenvalue weighted by Gasteiger charge is 2.41. The Labute approximate surface area is 157 Å². The van der Waals surface area contributed by atoms with Crippen LogP contribution in [0.15, 0.2) is 36.4 Å². The van der Waals surface area contributed by atoms with Gasteiger partial charge in [-0.05, 0) is 48.9 Å². The fourth-order valence-electron chi connectivity index (χ4n) is 4.12. The molecule has 5 rings (SSSR count). The molecule has 0 aromatic heterocycles. The lowest BCUT2D eigenvalue weighted by Gasteiger charge is -2.30. The molecule has 1 heterocycles. The van der Waals surface area contributed by atoms with Gasteiger partial charge in [-0.3, -0.25) is 4.79 Å². The van der Waals surface area contributed by atoms with E-state index in [4.69, 9.17) is 21.1 Å². The molecular formula is C21H20ClNO3. The van der Waals surface area contributed by atoms with Gasteiger partial charge < -0.3 is 14.4 Å². The first-order valence-corrected chi connectivity index (χ1v) is 9.60. The van der Waals surface area contributed by atoms with Crippen molar-refractivity contribution in [2.45, 2.75) is 37.8 Å². The molecule has 1 fully saturated rings. The van der Waals surface area contributed by atoms with Crippen molar-refractivity contribution in [3.8, 4) is 11.5 Å². The lowest BCUT2D eigenvalue weighted by molar-refractivity contribution is 0.0657. The van der Waals surface area contributed by atoms with Gasteiger partial charge >= 0.3 is 0 Å². The van der Waals surface area contributed by atoms with Crippen molar-refractivity contribution >= 4 is 17.5 Å². The van der Waals surface area contributed by atoms with Crippen LogP contribution in [0.25, 0.3) is 0 Å². The lowest BCUT2D eigenvalue weighted by atomic mass is 10.0.